The molecule has 2 aliphatic rings. The summed E-state index contributed by atoms with van der Waals surface area (Å²) in [6.07, 6.45) is -0.0107. The molecule has 1 fully saturated rings. The van der Waals surface area contributed by atoms with Crippen LogP contribution < -0.4 is 21.0 Å². The predicted octanol–water partition coefficient (Wildman–Crippen LogP) is -0.383. The molecule has 1 saturated heterocycles. The number of anilines is 1. The number of urea groups is 1. The molecule has 0 radical (unpaired) electrons. The lowest BCUT2D eigenvalue weighted by Gasteiger charge is -2.33. The maximum absolute atomic E-state index is 14.6. The number of imide groups is 1. The highest BCUT2D eigenvalue weighted by Crippen LogP contribution is 2.31. The number of thiazole rings is 1. The van der Waals surface area contributed by atoms with Gasteiger partial charge in [-0.3, -0.25) is 19.4 Å². The number of carbonyl (C=O) groups excluding carboxylic acids is 3. The summed E-state index contributed by atoms with van der Waals surface area (Å²) in [5.74, 6) is -3.77. The molecule has 4 amide bonds. The van der Waals surface area contributed by atoms with Crippen LogP contribution >= 0.6 is 11.3 Å². The number of hydrogen-bond acceptors (Lipinski definition) is 10. The molecule has 13 nitrogen and oxygen atoms in total. The fourth-order valence-corrected chi connectivity index (χ4v) is 4.75. The second-order valence-corrected chi connectivity index (χ2v) is 9.42. The van der Waals surface area contributed by atoms with Gasteiger partial charge in [-0.25, -0.2) is 14.6 Å². The van der Waals surface area contributed by atoms with E-state index in [1.807, 2.05) is 11.8 Å². The number of amides is 4. The van der Waals surface area contributed by atoms with Gasteiger partial charge in [0.15, 0.2) is 11.2 Å². The van der Waals surface area contributed by atoms with Gasteiger partial charge in [0.25, 0.3) is 0 Å². The van der Waals surface area contributed by atoms with Gasteiger partial charge in [0.1, 0.15) is 11.4 Å². The zero-order valence-corrected chi connectivity index (χ0v) is 20.5. The van der Waals surface area contributed by atoms with Gasteiger partial charge in [-0.2, -0.15) is 4.39 Å². The molecule has 4 rings (SSSR count). The Bertz CT molecular complexity index is 1250. The van der Waals surface area contributed by atoms with Crippen molar-refractivity contribution in [3.63, 3.8) is 0 Å². The third kappa shape index (κ3) is 5.50. The standard InChI is InChI=1S/C21H24BFN6O7S/c1-2-28-6-7-29(13(30)9-28)21(34)27-15(14-17(23)37-20(24)26-14)18(31)25-12-8-10-4-3-5-11(19(32)33)16(10)36-22(12)35/h3-5,12,15,35H,2,6-9H2,1H3,(H2,24,26)(H,25,31)(H,27,34)(H,32,33)/t12-,15?/m0/s1. The topological polar surface area (TPSA) is 187 Å². The number of nitrogens with two attached hydrogens (primary N) is 1. The maximum atomic E-state index is 14.6. The first-order chi connectivity index (χ1) is 17.6. The molecule has 0 aliphatic carbocycles. The first kappa shape index (κ1) is 26.3. The molecule has 0 saturated carbocycles. The average molecular weight is 534 g/mol. The number of carboxylic acid groups (broad SMARTS) is 1. The van der Waals surface area contributed by atoms with Crippen molar-refractivity contribution in [2.24, 2.45) is 0 Å². The molecular formula is C21H24BFN6O7S. The number of carbonyl (C=O) groups is 4. The van der Waals surface area contributed by atoms with Gasteiger partial charge in [0.2, 0.25) is 16.9 Å². The number of benzene rings is 1. The van der Waals surface area contributed by atoms with Crippen LogP contribution in [0.4, 0.5) is 14.3 Å². The maximum Gasteiger partial charge on any atom is 0.547 e. The van der Waals surface area contributed by atoms with Crippen LogP contribution in [-0.4, -0.2) is 88.0 Å². The highest BCUT2D eigenvalue weighted by Gasteiger charge is 2.41. The Labute approximate surface area is 214 Å². The largest absolute Gasteiger partial charge is 0.547 e. The second kappa shape index (κ2) is 10.7. The summed E-state index contributed by atoms with van der Waals surface area (Å²) < 4.78 is 20.0. The zero-order chi connectivity index (χ0) is 26.9. The summed E-state index contributed by atoms with van der Waals surface area (Å²) in [6, 6.07) is 1.79. The van der Waals surface area contributed by atoms with E-state index in [0.717, 1.165) is 4.90 Å². The molecule has 3 heterocycles. The SMILES string of the molecule is CCN1CCN(C(=O)NC(C(=O)N[C@H]2Cc3cccc(C(=O)O)c3OB2O)c2nc(N)sc2F)C(=O)C1. The third-order valence-corrected chi connectivity index (χ3v) is 6.79. The predicted molar refractivity (Wildman–Crippen MR) is 129 cm³/mol. The van der Waals surface area contributed by atoms with Crippen LogP contribution in [0.2, 0.25) is 0 Å². The first-order valence-electron chi connectivity index (χ1n) is 11.3. The number of nitrogens with zero attached hydrogens (tertiary/aromatic N) is 3. The fourth-order valence-electron chi connectivity index (χ4n) is 4.16. The van der Waals surface area contributed by atoms with E-state index in [0.29, 0.717) is 30.0 Å². The molecule has 1 unspecified atom stereocenters. The molecule has 6 N–H and O–H groups in total. The molecule has 0 bridgehead atoms. The van der Waals surface area contributed by atoms with Crippen molar-refractivity contribution in [1.29, 1.82) is 0 Å². The average Bonchev–Trinajstić information content (AvgIpc) is 3.19. The number of aromatic nitrogens is 1. The first-order valence-corrected chi connectivity index (χ1v) is 12.2. The van der Waals surface area contributed by atoms with Crippen LogP contribution in [0.1, 0.15) is 34.6 Å². The van der Waals surface area contributed by atoms with Gasteiger partial charge in [-0.05, 0) is 24.6 Å². The van der Waals surface area contributed by atoms with Gasteiger partial charge in [0, 0.05) is 13.1 Å². The molecule has 196 valence electrons. The molecule has 2 aromatic rings. The number of likely N-dealkylation sites (N-methyl/N-ethyl adjacent to an activating group) is 1. The van der Waals surface area contributed by atoms with Gasteiger partial charge in [0.05, 0.1) is 18.0 Å². The van der Waals surface area contributed by atoms with E-state index < -0.39 is 53.7 Å². The van der Waals surface area contributed by atoms with Crippen LogP contribution in [0.5, 0.6) is 5.75 Å². The van der Waals surface area contributed by atoms with Crippen molar-refractivity contribution in [3.8, 4) is 5.75 Å². The normalized spacial score (nSPS) is 18.6. The van der Waals surface area contributed by atoms with E-state index in [9.17, 15) is 33.7 Å². The highest BCUT2D eigenvalue weighted by molar-refractivity contribution is 7.13. The van der Waals surface area contributed by atoms with Gasteiger partial charge in [-0.1, -0.05) is 30.4 Å². The quantitative estimate of drug-likeness (QED) is 0.306. The smallest absolute Gasteiger partial charge is 0.534 e. The Morgan fingerprint density at radius 2 is 2.14 bits per heavy atom. The van der Waals surface area contributed by atoms with Crippen LogP contribution in [0.3, 0.4) is 0 Å². The Morgan fingerprint density at radius 1 is 1.38 bits per heavy atom. The van der Waals surface area contributed by atoms with E-state index in [2.05, 4.69) is 15.6 Å². The minimum absolute atomic E-state index is 0.0107. The Kier molecular flexibility index (Phi) is 7.61. The minimum Gasteiger partial charge on any atom is -0.534 e. The number of piperazine rings is 1. The lowest BCUT2D eigenvalue weighted by Crippen LogP contribution is -2.58. The zero-order valence-electron chi connectivity index (χ0n) is 19.6. The van der Waals surface area contributed by atoms with Crippen molar-refractivity contribution >= 4 is 47.4 Å². The monoisotopic (exact) mass is 534 g/mol. The molecule has 16 heteroatoms. The van der Waals surface area contributed by atoms with E-state index in [1.54, 1.807) is 6.07 Å². The summed E-state index contributed by atoms with van der Waals surface area (Å²) in [6.45, 7) is 3.03. The van der Waals surface area contributed by atoms with Gasteiger partial charge in [-0.15, -0.1) is 0 Å². The minimum atomic E-state index is -1.68. The van der Waals surface area contributed by atoms with Crippen LogP contribution in [-0.2, 0) is 16.0 Å². The summed E-state index contributed by atoms with van der Waals surface area (Å²) in [7, 11) is -1.64. The summed E-state index contributed by atoms with van der Waals surface area (Å²) in [5, 5.41) is 23.6. The number of nitrogen functional groups attached to an aromatic ring is 1. The van der Waals surface area contributed by atoms with Crippen LogP contribution in [0.15, 0.2) is 18.2 Å². The molecule has 2 aliphatic heterocycles. The number of nitrogens with one attached hydrogen (secondary N) is 2. The van der Waals surface area contributed by atoms with Gasteiger partial charge >= 0.3 is 19.1 Å². The van der Waals surface area contributed by atoms with Crippen molar-refractivity contribution in [2.45, 2.75) is 25.3 Å². The highest BCUT2D eigenvalue weighted by atomic mass is 32.1. The number of hydrogen-bond donors (Lipinski definition) is 5. The van der Waals surface area contributed by atoms with Crippen molar-refractivity contribution in [2.75, 3.05) is 31.9 Å². The molecular weight excluding hydrogens is 510 g/mol. The molecule has 1 aromatic carbocycles. The van der Waals surface area contributed by atoms with E-state index >= 15 is 0 Å². The third-order valence-electron chi connectivity index (χ3n) is 6.10. The second-order valence-electron chi connectivity index (χ2n) is 8.43. The van der Waals surface area contributed by atoms with Crippen LogP contribution in [0, 0.1) is 5.13 Å². The molecule has 0 spiro atoms. The molecule has 37 heavy (non-hydrogen) atoms. The Balaban J connectivity index is 1.54. The summed E-state index contributed by atoms with van der Waals surface area (Å²) >= 11 is 0.475. The number of fused-ring (bicyclic) bond motifs is 1. The number of rotatable bonds is 6. The number of halogens is 1. The Hall–Kier alpha value is -3.76. The number of para-hydroxylation sites is 1. The van der Waals surface area contributed by atoms with E-state index in [4.69, 9.17) is 10.4 Å². The van der Waals surface area contributed by atoms with E-state index in [1.165, 1.54) is 12.1 Å². The molecule has 1 aromatic heterocycles. The Morgan fingerprint density at radius 3 is 2.76 bits per heavy atom. The fraction of sp³-hybridized carbons (Fsp3) is 0.381. The van der Waals surface area contributed by atoms with Crippen molar-refractivity contribution in [1.82, 2.24) is 25.4 Å². The number of aromatic carboxylic acids is 1. The van der Waals surface area contributed by atoms with Gasteiger partial charge < -0.3 is 31.2 Å². The number of carboxylic acids is 1. The summed E-state index contributed by atoms with van der Waals surface area (Å²) in [5.41, 5.74) is 5.40. The van der Waals surface area contributed by atoms with Crippen molar-refractivity contribution < 1.29 is 38.4 Å². The van der Waals surface area contributed by atoms with Crippen LogP contribution in [0.25, 0.3) is 0 Å². The lowest BCUT2D eigenvalue weighted by molar-refractivity contribution is -0.133. The summed E-state index contributed by atoms with van der Waals surface area (Å²) in [4.78, 5) is 56.7. The van der Waals surface area contributed by atoms with Crippen molar-refractivity contribution in [3.05, 3.63) is 40.2 Å². The van der Waals surface area contributed by atoms with E-state index in [-0.39, 0.29) is 36.0 Å². The molecule has 2 atom stereocenters. The lowest BCUT2D eigenvalue weighted by atomic mass is 9.72.